The quantitative estimate of drug-likeness (QED) is 0.438. The second-order valence-electron chi connectivity index (χ2n) is 7.02. The molecule has 9 heteroatoms. The van der Waals surface area contributed by atoms with Crippen LogP contribution in [0.25, 0.3) is 11.8 Å². The molecule has 0 aliphatic rings. The van der Waals surface area contributed by atoms with Crippen molar-refractivity contribution >= 4 is 23.9 Å². The average Bonchev–Trinajstić information content (AvgIpc) is 3.10. The topological polar surface area (TPSA) is 99.5 Å². The van der Waals surface area contributed by atoms with Crippen LogP contribution in [0.3, 0.4) is 0 Å². The van der Waals surface area contributed by atoms with Crippen molar-refractivity contribution in [2.45, 2.75) is 13.8 Å². The molecule has 0 saturated carbocycles. The molecule has 0 spiro atoms. The van der Waals surface area contributed by atoms with E-state index in [0.29, 0.717) is 22.7 Å². The molecule has 0 aliphatic heterocycles. The lowest BCUT2D eigenvalue weighted by atomic mass is 10.2. The summed E-state index contributed by atoms with van der Waals surface area (Å²) in [6, 6.07) is 12.1. The number of aryl methyl sites for hydroxylation is 1. The van der Waals surface area contributed by atoms with Gasteiger partial charge in [-0.15, -0.1) is 0 Å². The van der Waals surface area contributed by atoms with Gasteiger partial charge in [0.2, 0.25) is 0 Å². The van der Waals surface area contributed by atoms with Gasteiger partial charge in [0.25, 0.3) is 11.8 Å². The Balaban J connectivity index is 1.56. The van der Waals surface area contributed by atoms with Gasteiger partial charge in [0, 0.05) is 22.9 Å². The van der Waals surface area contributed by atoms with E-state index >= 15 is 0 Å². The molecule has 1 heterocycles. The normalized spacial score (nSPS) is 10.8. The number of benzene rings is 2. The highest BCUT2D eigenvalue weighted by molar-refractivity contribution is 6.05. The SMILES string of the molecule is COc1ccc(C(=O)NC(=O)COC(=O)/C=C/c2c(C)nn(-c3ccc(F)cc3)c2C)cc1. The van der Waals surface area contributed by atoms with Crippen LogP contribution in [-0.4, -0.2) is 41.3 Å². The number of hydrogen-bond acceptors (Lipinski definition) is 6. The number of ether oxygens (including phenoxy) is 2. The van der Waals surface area contributed by atoms with Gasteiger partial charge in [-0.05, 0) is 68.5 Å². The van der Waals surface area contributed by atoms with Crippen LogP contribution < -0.4 is 10.1 Å². The largest absolute Gasteiger partial charge is 0.497 e. The molecule has 0 radical (unpaired) electrons. The Morgan fingerprint density at radius 3 is 2.36 bits per heavy atom. The maximum Gasteiger partial charge on any atom is 0.331 e. The molecule has 170 valence electrons. The van der Waals surface area contributed by atoms with Crippen LogP contribution in [0.15, 0.2) is 54.6 Å². The number of carbonyl (C=O) groups excluding carboxylic acids is 3. The predicted molar refractivity (Wildman–Crippen MR) is 118 cm³/mol. The smallest absolute Gasteiger partial charge is 0.331 e. The van der Waals surface area contributed by atoms with Crippen LogP contribution in [0.4, 0.5) is 4.39 Å². The Bertz CT molecular complexity index is 1200. The minimum absolute atomic E-state index is 0.263. The van der Waals surface area contributed by atoms with Crippen molar-refractivity contribution in [3.63, 3.8) is 0 Å². The first-order valence-electron chi connectivity index (χ1n) is 9.93. The maximum atomic E-state index is 13.2. The number of nitrogens with one attached hydrogen (secondary N) is 1. The van der Waals surface area contributed by atoms with Crippen LogP contribution in [0.2, 0.25) is 0 Å². The van der Waals surface area contributed by atoms with E-state index in [2.05, 4.69) is 10.4 Å². The first-order chi connectivity index (χ1) is 15.8. The number of carbonyl (C=O) groups is 3. The molecule has 0 saturated heterocycles. The summed E-state index contributed by atoms with van der Waals surface area (Å²) in [5.41, 5.74) is 3.03. The van der Waals surface area contributed by atoms with Gasteiger partial charge in [0.1, 0.15) is 11.6 Å². The molecule has 1 N–H and O–H groups in total. The molecule has 3 aromatic rings. The van der Waals surface area contributed by atoms with E-state index in [4.69, 9.17) is 9.47 Å². The number of esters is 1. The van der Waals surface area contributed by atoms with Crippen molar-refractivity contribution in [3.05, 3.63) is 82.9 Å². The zero-order valence-corrected chi connectivity index (χ0v) is 18.3. The summed E-state index contributed by atoms with van der Waals surface area (Å²) >= 11 is 0. The number of methoxy groups -OCH3 is 1. The Hall–Kier alpha value is -4.27. The van der Waals surface area contributed by atoms with Gasteiger partial charge in [-0.3, -0.25) is 14.9 Å². The fourth-order valence-corrected chi connectivity index (χ4v) is 3.04. The van der Waals surface area contributed by atoms with Gasteiger partial charge in [0.05, 0.1) is 18.5 Å². The van der Waals surface area contributed by atoms with Gasteiger partial charge >= 0.3 is 5.97 Å². The summed E-state index contributed by atoms with van der Waals surface area (Å²) in [5, 5.41) is 6.56. The Morgan fingerprint density at radius 2 is 1.73 bits per heavy atom. The molecule has 0 aliphatic carbocycles. The summed E-state index contributed by atoms with van der Waals surface area (Å²) in [4.78, 5) is 36.0. The Labute approximate surface area is 189 Å². The average molecular weight is 451 g/mol. The molecule has 0 atom stereocenters. The van der Waals surface area contributed by atoms with Gasteiger partial charge in [0.15, 0.2) is 6.61 Å². The van der Waals surface area contributed by atoms with Crippen molar-refractivity contribution in [1.29, 1.82) is 0 Å². The van der Waals surface area contributed by atoms with Crippen molar-refractivity contribution < 1.29 is 28.2 Å². The molecule has 8 nitrogen and oxygen atoms in total. The molecule has 3 rings (SSSR count). The fourth-order valence-electron chi connectivity index (χ4n) is 3.04. The highest BCUT2D eigenvalue weighted by Crippen LogP contribution is 2.19. The molecule has 33 heavy (non-hydrogen) atoms. The van der Waals surface area contributed by atoms with Crippen LogP contribution in [0, 0.1) is 19.7 Å². The van der Waals surface area contributed by atoms with Crippen molar-refractivity contribution in [1.82, 2.24) is 15.1 Å². The standard InChI is InChI=1S/C24H22FN3O5/c1-15-21(16(2)28(27-15)19-8-6-18(25)7-9-19)12-13-23(30)33-14-22(29)26-24(31)17-4-10-20(32-3)11-5-17/h4-13H,14H2,1-3H3,(H,26,29,31)/b13-12+. The number of imide groups is 1. The van der Waals surface area contributed by atoms with Gasteiger partial charge in [-0.1, -0.05) is 0 Å². The lowest BCUT2D eigenvalue weighted by molar-refractivity contribution is -0.143. The van der Waals surface area contributed by atoms with Gasteiger partial charge in [-0.2, -0.15) is 5.10 Å². The zero-order chi connectivity index (χ0) is 24.0. The minimum atomic E-state index is -0.756. The number of amides is 2. The maximum absolute atomic E-state index is 13.2. The van der Waals surface area contributed by atoms with E-state index in [0.717, 1.165) is 5.69 Å². The highest BCUT2D eigenvalue weighted by Gasteiger charge is 2.14. The summed E-state index contributed by atoms with van der Waals surface area (Å²) in [6.45, 7) is 2.97. The lowest BCUT2D eigenvalue weighted by Gasteiger charge is -2.05. The van der Waals surface area contributed by atoms with Crippen LogP contribution in [-0.2, 0) is 14.3 Å². The van der Waals surface area contributed by atoms with E-state index in [1.54, 1.807) is 35.9 Å². The molecular formula is C24H22FN3O5. The first kappa shape index (κ1) is 23.4. The second-order valence-corrected chi connectivity index (χ2v) is 7.02. The Kier molecular flexibility index (Phi) is 7.34. The van der Waals surface area contributed by atoms with E-state index in [9.17, 15) is 18.8 Å². The second kappa shape index (κ2) is 10.4. The molecule has 0 unspecified atom stereocenters. The molecule has 0 fully saturated rings. The molecule has 1 aromatic heterocycles. The third-order valence-electron chi connectivity index (χ3n) is 4.76. The third-order valence-corrected chi connectivity index (χ3v) is 4.76. The Morgan fingerprint density at radius 1 is 1.06 bits per heavy atom. The lowest BCUT2D eigenvalue weighted by Crippen LogP contribution is -2.34. The number of nitrogens with zero attached hydrogens (tertiary/aromatic N) is 2. The third kappa shape index (κ3) is 5.91. The van der Waals surface area contributed by atoms with Crippen LogP contribution in [0.5, 0.6) is 5.75 Å². The number of halogens is 1. The van der Waals surface area contributed by atoms with E-state index in [1.807, 2.05) is 6.92 Å². The predicted octanol–water partition coefficient (Wildman–Crippen LogP) is 3.15. The molecular weight excluding hydrogens is 429 g/mol. The molecule has 2 aromatic carbocycles. The number of rotatable bonds is 7. The van der Waals surface area contributed by atoms with E-state index in [-0.39, 0.29) is 11.4 Å². The van der Waals surface area contributed by atoms with Crippen LogP contribution in [0.1, 0.15) is 27.3 Å². The minimum Gasteiger partial charge on any atom is -0.497 e. The first-order valence-corrected chi connectivity index (χ1v) is 9.93. The summed E-state index contributed by atoms with van der Waals surface area (Å²) in [6.07, 6.45) is 2.70. The van der Waals surface area contributed by atoms with E-state index < -0.39 is 24.4 Å². The van der Waals surface area contributed by atoms with Crippen molar-refractivity contribution in [2.75, 3.05) is 13.7 Å². The highest BCUT2D eigenvalue weighted by atomic mass is 19.1. The zero-order valence-electron chi connectivity index (χ0n) is 18.3. The number of aromatic nitrogens is 2. The van der Waals surface area contributed by atoms with Crippen LogP contribution >= 0.6 is 0 Å². The summed E-state index contributed by atoms with van der Waals surface area (Å²) < 4.78 is 24.7. The van der Waals surface area contributed by atoms with Crippen molar-refractivity contribution in [3.8, 4) is 11.4 Å². The van der Waals surface area contributed by atoms with E-state index in [1.165, 1.54) is 43.5 Å². The molecule has 2 amide bonds. The monoisotopic (exact) mass is 451 g/mol. The summed E-state index contributed by atoms with van der Waals surface area (Å²) in [7, 11) is 1.50. The summed E-state index contributed by atoms with van der Waals surface area (Å²) in [5.74, 6) is -1.90. The molecule has 0 bridgehead atoms. The van der Waals surface area contributed by atoms with Gasteiger partial charge < -0.3 is 9.47 Å². The fraction of sp³-hybridized carbons (Fsp3) is 0.167. The van der Waals surface area contributed by atoms with Gasteiger partial charge in [-0.25, -0.2) is 13.9 Å². The number of hydrogen-bond donors (Lipinski definition) is 1. The van der Waals surface area contributed by atoms with Crippen molar-refractivity contribution in [2.24, 2.45) is 0 Å².